The van der Waals surface area contributed by atoms with E-state index in [-0.39, 0.29) is 5.82 Å². The van der Waals surface area contributed by atoms with Gasteiger partial charge in [-0.1, -0.05) is 17.4 Å². The molecule has 1 aromatic heterocycles. The fourth-order valence-corrected chi connectivity index (χ4v) is 5.37. The average Bonchev–Trinajstić information content (AvgIpc) is 3.02. The standard InChI is InChI=1S/C16H20FN3S2/c17-13-2-1-3-14-15(13)18-16(22-14)20-6-4-12(5-7-20)19-8-10-21-11-9-19/h1-3,12H,4-11H2. The second kappa shape index (κ2) is 6.34. The zero-order valence-electron chi connectivity index (χ0n) is 12.5. The van der Waals surface area contributed by atoms with Crippen LogP contribution in [0.25, 0.3) is 10.2 Å². The van der Waals surface area contributed by atoms with Crippen molar-refractivity contribution in [2.45, 2.75) is 18.9 Å². The van der Waals surface area contributed by atoms with Crippen molar-refractivity contribution in [1.82, 2.24) is 9.88 Å². The molecule has 2 fully saturated rings. The van der Waals surface area contributed by atoms with Crippen LogP contribution in [-0.2, 0) is 0 Å². The fourth-order valence-electron chi connectivity index (χ4n) is 3.40. The van der Waals surface area contributed by atoms with Crippen LogP contribution in [0.1, 0.15) is 12.8 Å². The van der Waals surface area contributed by atoms with Gasteiger partial charge in [0, 0.05) is 43.7 Å². The molecule has 3 heterocycles. The molecule has 0 radical (unpaired) electrons. The van der Waals surface area contributed by atoms with Gasteiger partial charge in [-0.15, -0.1) is 0 Å². The summed E-state index contributed by atoms with van der Waals surface area (Å²) in [5.41, 5.74) is 0.526. The lowest BCUT2D eigenvalue weighted by Gasteiger charge is -2.40. The van der Waals surface area contributed by atoms with E-state index < -0.39 is 0 Å². The molecule has 2 saturated heterocycles. The lowest BCUT2D eigenvalue weighted by atomic mass is 10.0. The molecule has 3 nitrogen and oxygen atoms in total. The number of fused-ring (bicyclic) bond motifs is 1. The first-order valence-electron chi connectivity index (χ1n) is 7.93. The van der Waals surface area contributed by atoms with Gasteiger partial charge in [-0.3, -0.25) is 4.90 Å². The molecule has 0 aliphatic carbocycles. The highest BCUT2D eigenvalue weighted by Crippen LogP contribution is 2.32. The normalized spacial score (nSPS) is 21.6. The molecule has 2 aliphatic rings. The average molecular weight is 337 g/mol. The molecule has 0 N–H and O–H groups in total. The number of benzene rings is 1. The van der Waals surface area contributed by atoms with Crippen LogP contribution in [-0.4, -0.2) is 53.6 Å². The van der Waals surface area contributed by atoms with Gasteiger partial charge in [-0.2, -0.15) is 11.8 Å². The van der Waals surface area contributed by atoms with Gasteiger partial charge in [0.2, 0.25) is 0 Å². The van der Waals surface area contributed by atoms with Crippen molar-refractivity contribution in [3.8, 4) is 0 Å². The van der Waals surface area contributed by atoms with Crippen molar-refractivity contribution in [3.63, 3.8) is 0 Å². The number of rotatable bonds is 2. The van der Waals surface area contributed by atoms with E-state index in [0.717, 1.165) is 29.0 Å². The Labute approximate surface area is 138 Å². The van der Waals surface area contributed by atoms with E-state index in [1.165, 1.54) is 43.5 Å². The Morgan fingerprint density at radius 2 is 1.86 bits per heavy atom. The summed E-state index contributed by atoms with van der Waals surface area (Å²) >= 11 is 3.68. The topological polar surface area (TPSA) is 19.4 Å². The van der Waals surface area contributed by atoms with E-state index in [9.17, 15) is 4.39 Å². The zero-order chi connectivity index (χ0) is 14.9. The molecule has 0 amide bonds. The van der Waals surface area contributed by atoms with Crippen molar-refractivity contribution in [1.29, 1.82) is 0 Å². The van der Waals surface area contributed by atoms with Crippen LogP contribution in [0.15, 0.2) is 18.2 Å². The molecule has 0 saturated carbocycles. The fraction of sp³-hybridized carbons (Fsp3) is 0.562. The molecule has 2 aliphatic heterocycles. The minimum absolute atomic E-state index is 0.208. The van der Waals surface area contributed by atoms with E-state index in [4.69, 9.17) is 0 Å². The Bertz CT molecular complexity index is 646. The SMILES string of the molecule is Fc1cccc2sc(N3CCC(N4CCSCC4)CC3)nc12. The Morgan fingerprint density at radius 1 is 1.09 bits per heavy atom. The summed E-state index contributed by atoms with van der Waals surface area (Å²) in [4.78, 5) is 9.52. The van der Waals surface area contributed by atoms with E-state index in [1.54, 1.807) is 17.4 Å². The van der Waals surface area contributed by atoms with Crippen molar-refractivity contribution < 1.29 is 4.39 Å². The zero-order valence-corrected chi connectivity index (χ0v) is 14.1. The number of anilines is 1. The summed E-state index contributed by atoms with van der Waals surface area (Å²) in [7, 11) is 0. The smallest absolute Gasteiger partial charge is 0.186 e. The van der Waals surface area contributed by atoms with E-state index in [2.05, 4.69) is 26.5 Å². The molecule has 118 valence electrons. The number of piperidine rings is 1. The van der Waals surface area contributed by atoms with Gasteiger partial charge in [0.05, 0.1) is 4.70 Å². The van der Waals surface area contributed by atoms with Crippen LogP contribution in [0, 0.1) is 5.82 Å². The van der Waals surface area contributed by atoms with Crippen molar-refractivity contribution >= 4 is 38.4 Å². The van der Waals surface area contributed by atoms with E-state index >= 15 is 0 Å². The maximum Gasteiger partial charge on any atom is 0.186 e. The Morgan fingerprint density at radius 3 is 2.59 bits per heavy atom. The number of aromatic nitrogens is 1. The molecule has 0 unspecified atom stereocenters. The number of para-hydroxylation sites is 1. The van der Waals surface area contributed by atoms with Crippen LogP contribution in [0.2, 0.25) is 0 Å². The number of thioether (sulfide) groups is 1. The summed E-state index contributed by atoms with van der Waals surface area (Å²) in [6.07, 6.45) is 2.39. The molecule has 2 aromatic rings. The second-order valence-corrected chi connectivity index (χ2v) is 8.18. The minimum atomic E-state index is -0.208. The first-order valence-corrected chi connectivity index (χ1v) is 9.90. The predicted molar refractivity (Wildman–Crippen MR) is 93.7 cm³/mol. The van der Waals surface area contributed by atoms with Crippen molar-refractivity contribution in [2.75, 3.05) is 42.6 Å². The van der Waals surface area contributed by atoms with Crippen LogP contribution in [0.4, 0.5) is 9.52 Å². The Kier molecular flexibility index (Phi) is 4.24. The number of halogens is 1. The van der Waals surface area contributed by atoms with Gasteiger partial charge in [-0.05, 0) is 25.0 Å². The lowest BCUT2D eigenvalue weighted by Crippen LogP contribution is -2.47. The van der Waals surface area contributed by atoms with Gasteiger partial charge in [0.15, 0.2) is 5.13 Å². The highest BCUT2D eigenvalue weighted by atomic mass is 32.2. The molecular formula is C16H20FN3S2. The maximum atomic E-state index is 13.8. The molecule has 22 heavy (non-hydrogen) atoms. The summed E-state index contributed by atoms with van der Waals surface area (Å²) < 4.78 is 14.7. The van der Waals surface area contributed by atoms with Gasteiger partial charge in [0.25, 0.3) is 0 Å². The summed E-state index contributed by atoms with van der Waals surface area (Å²) in [6, 6.07) is 5.94. The monoisotopic (exact) mass is 337 g/mol. The summed E-state index contributed by atoms with van der Waals surface area (Å²) in [5.74, 6) is 2.34. The molecule has 1 aromatic carbocycles. The molecule has 0 bridgehead atoms. The number of nitrogens with zero attached hydrogens (tertiary/aromatic N) is 3. The molecular weight excluding hydrogens is 317 g/mol. The van der Waals surface area contributed by atoms with Crippen LogP contribution in [0.3, 0.4) is 0 Å². The van der Waals surface area contributed by atoms with Crippen molar-refractivity contribution in [3.05, 3.63) is 24.0 Å². The number of hydrogen-bond donors (Lipinski definition) is 0. The molecule has 0 atom stereocenters. The third kappa shape index (κ3) is 2.84. The predicted octanol–water partition coefficient (Wildman–Crippen LogP) is 3.45. The molecule has 4 rings (SSSR count). The lowest BCUT2D eigenvalue weighted by molar-refractivity contribution is 0.186. The minimum Gasteiger partial charge on any atom is -0.348 e. The molecule has 0 spiro atoms. The highest BCUT2D eigenvalue weighted by molar-refractivity contribution is 7.99. The number of thiazole rings is 1. The van der Waals surface area contributed by atoms with Crippen molar-refractivity contribution in [2.24, 2.45) is 0 Å². The number of hydrogen-bond acceptors (Lipinski definition) is 5. The quantitative estimate of drug-likeness (QED) is 0.835. The van der Waals surface area contributed by atoms with Gasteiger partial charge < -0.3 is 4.90 Å². The highest BCUT2D eigenvalue weighted by Gasteiger charge is 2.27. The maximum absolute atomic E-state index is 13.8. The molecule has 6 heteroatoms. The summed E-state index contributed by atoms with van der Waals surface area (Å²) in [6.45, 7) is 4.55. The van der Waals surface area contributed by atoms with E-state index in [0.29, 0.717) is 5.52 Å². The third-order valence-corrected chi connectivity index (χ3v) is 6.68. The summed E-state index contributed by atoms with van der Waals surface area (Å²) in [5, 5.41) is 0.979. The van der Waals surface area contributed by atoms with Gasteiger partial charge in [0.1, 0.15) is 11.3 Å². The largest absolute Gasteiger partial charge is 0.348 e. The van der Waals surface area contributed by atoms with E-state index in [1.807, 2.05) is 6.07 Å². The van der Waals surface area contributed by atoms with Gasteiger partial charge >= 0.3 is 0 Å². The van der Waals surface area contributed by atoms with Crippen LogP contribution < -0.4 is 4.90 Å². The second-order valence-electron chi connectivity index (χ2n) is 5.95. The third-order valence-electron chi connectivity index (χ3n) is 4.66. The first-order chi connectivity index (χ1) is 10.8. The van der Waals surface area contributed by atoms with Crippen LogP contribution in [0.5, 0.6) is 0 Å². The van der Waals surface area contributed by atoms with Crippen LogP contribution >= 0.6 is 23.1 Å². The first kappa shape index (κ1) is 14.7. The Balaban J connectivity index is 1.45. The van der Waals surface area contributed by atoms with Gasteiger partial charge in [-0.25, -0.2) is 9.37 Å². The Hall–Kier alpha value is -0.850.